The number of aromatic nitrogens is 2. The molecule has 1 fully saturated rings. The van der Waals surface area contributed by atoms with Crippen LogP contribution in [-0.4, -0.2) is 15.1 Å². The molecule has 1 heterocycles. The van der Waals surface area contributed by atoms with Gasteiger partial charge in [-0.25, -0.2) is 4.98 Å². The third kappa shape index (κ3) is 1.56. The summed E-state index contributed by atoms with van der Waals surface area (Å²) in [4.78, 5) is 15.5. The average Bonchev–Trinajstić information content (AvgIpc) is 2.78. The molecular formula is C9H13N3O. The lowest BCUT2D eigenvalue weighted by Crippen LogP contribution is -2.27. The third-order valence-electron chi connectivity index (χ3n) is 2.44. The molecule has 0 radical (unpaired) electrons. The number of anilines is 1. The number of nitrogens with zero attached hydrogens (tertiary/aromatic N) is 2. The Morgan fingerprint density at radius 1 is 1.62 bits per heavy atom. The molecule has 0 spiro atoms. The lowest BCUT2D eigenvalue weighted by Gasteiger charge is -2.11. The van der Waals surface area contributed by atoms with Crippen LogP contribution in [0, 0.1) is 0 Å². The zero-order chi connectivity index (χ0) is 9.47. The van der Waals surface area contributed by atoms with E-state index >= 15 is 0 Å². The topological polar surface area (TPSA) is 46.9 Å². The maximum absolute atomic E-state index is 11.5. The summed E-state index contributed by atoms with van der Waals surface area (Å²) in [6.07, 6.45) is 5.53. The van der Waals surface area contributed by atoms with Gasteiger partial charge in [0.15, 0.2) is 5.82 Å². The van der Waals surface area contributed by atoms with Crippen LogP contribution in [-0.2, 0) is 7.05 Å². The summed E-state index contributed by atoms with van der Waals surface area (Å²) in [5.74, 6) is 0.463. The van der Waals surface area contributed by atoms with Crippen molar-refractivity contribution in [2.45, 2.75) is 25.3 Å². The van der Waals surface area contributed by atoms with Gasteiger partial charge in [0.05, 0.1) is 0 Å². The molecule has 1 aromatic heterocycles. The lowest BCUT2D eigenvalue weighted by molar-refractivity contribution is 0.788. The summed E-state index contributed by atoms with van der Waals surface area (Å²) in [5.41, 5.74) is 0.0520. The Labute approximate surface area is 76.6 Å². The van der Waals surface area contributed by atoms with Crippen molar-refractivity contribution in [2.75, 3.05) is 5.32 Å². The van der Waals surface area contributed by atoms with Gasteiger partial charge in [0.25, 0.3) is 5.56 Å². The van der Waals surface area contributed by atoms with Crippen LogP contribution in [0.5, 0.6) is 0 Å². The normalized spacial score (nSPS) is 18.3. The fourth-order valence-corrected chi connectivity index (χ4v) is 1.18. The van der Waals surface area contributed by atoms with Crippen molar-refractivity contribution in [3.63, 3.8) is 0 Å². The minimum absolute atomic E-state index is 0.0596. The molecule has 1 aliphatic carbocycles. The molecule has 70 valence electrons. The van der Waals surface area contributed by atoms with Crippen LogP contribution in [0.4, 0.5) is 5.82 Å². The molecule has 0 bridgehead atoms. The molecule has 2 rings (SSSR count). The number of nitrogens with one attached hydrogen (secondary N) is 1. The van der Waals surface area contributed by atoms with Gasteiger partial charge in [0.1, 0.15) is 0 Å². The molecule has 1 aliphatic rings. The molecule has 4 nitrogen and oxygen atoms in total. The second-order valence-corrected chi connectivity index (χ2v) is 3.88. The van der Waals surface area contributed by atoms with Gasteiger partial charge in [-0.15, -0.1) is 0 Å². The van der Waals surface area contributed by atoms with Crippen LogP contribution in [0.15, 0.2) is 17.2 Å². The van der Waals surface area contributed by atoms with Gasteiger partial charge in [0, 0.05) is 25.0 Å². The van der Waals surface area contributed by atoms with Crippen LogP contribution in [0.2, 0.25) is 0 Å². The molecule has 0 atom stereocenters. The van der Waals surface area contributed by atoms with Crippen LogP contribution < -0.4 is 10.9 Å². The molecule has 0 aromatic carbocycles. The monoisotopic (exact) mass is 179 g/mol. The van der Waals surface area contributed by atoms with Gasteiger partial charge in [0.2, 0.25) is 0 Å². The molecule has 4 heteroatoms. The first-order valence-corrected chi connectivity index (χ1v) is 4.41. The van der Waals surface area contributed by atoms with Crippen LogP contribution >= 0.6 is 0 Å². The molecule has 0 amide bonds. The smallest absolute Gasteiger partial charge is 0.293 e. The van der Waals surface area contributed by atoms with E-state index in [0.717, 1.165) is 12.8 Å². The van der Waals surface area contributed by atoms with Gasteiger partial charge in [-0.1, -0.05) is 0 Å². The number of hydrogen-bond donors (Lipinski definition) is 1. The van der Waals surface area contributed by atoms with E-state index in [1.807, 2.05) is 0 Å². The Bertz CT molecular complexity index is 379. The SMILES string of the molecule is Cn1ccnc(NC2(C)CC2)c1=O. The van der Waals surface area contributed by atoms with E-state index in [1.165, 1.54) is 4.57 Å². The van der Waals surface area contributed by atoms with E-state index in [9.17, 15) is 4.79 Å². The molecule has 0 unspecified atom stereocenters. The zero-order valence-corrected chi connectivity index (χ0v) is 7.87. The van der Waals surface area contributed by atoms with E-state index in [1.54, 1.807) is 19.4 Å². The summed E-state index contributed by atoms with van der Waals surface area (Å²) < 4.78 is 1.53. The predicted molar refractivity (Wildman–Crippen MR) is 50.7 cm³/mol. The first kappa shape index (κ1) is 8.29. The number of aryl methyl sites for hydroxylation is 1. The van der Waals surface area contributed by atoms with Crippen molar-refractivity contribution in [1.29, 1.82) is 0 Å². The van der Waals surface area contributed by atoms with Crippen molar-refractivity contribution in [3.8, 4) is 0 Å². The Balaban J connectivity index is 2.30. The quantitative estimate of drug-likeness (QED) is 0.728. The Morgan fingerprint density at radius 3 is 2.92 bits per heavy atom. The molecule has 13 heavy (non-hydrogen) atoms. The van der Waals surface area contributed by atoms with Gasteiger partial charge in [-0.3, -0.25) is 4.79 Å². The standard InChI is InChI=1S/C9H13N3O/c1-9(3-4-9)11-7-8(13)12(2)6-5-10-7/h5-6H,3-4H2,1-2H3,(H,10,11). The fraction of sp³-hybridized carbons (Fsp3) is 0.556. The van der Waals surface area contributed by atoms with E-state index in [-0.39, 0.29) is 11.1 Å². The van der Waals surface area contributed by atoms with Gasteiger partial charge in [-0.2, -0.15) is 0 Å². The first-order chi connectivity index (χ1) is 6.11. The maximum atomic E-state index is 11.5. The van der Waals surface area contributed by atoms with Crippen molar-refractivity contribution in [3.05, 3.63) is 22.7 Å². The van der Waals surface area contributed by atoms with E-state index in [2.05, 4.69) is 17.2 Å². The highest BCUT2D eigenvalue weighted by Gasteiger charge is 2.37. The third-order valence-corrected chi connectivity index (χ3v) is 2.44. The minimum atomic E-state index is -0.0596. The summed E-state index contributed by atoms with van der Waals surface area (Å²) >= 11 is 0. The van der Waals surface area contributed by atoms with Gasteiger partial charge >= 0.3 is 0 Å². The van der Waals surface area contributed by atoms with Crippen LogP contribution in [0.3, 0.4) is 0 Å². The molecule has 1 aromatic rings. The molecule has 1 saturated carbocycles. The maximum Gasteiger partial charge on any atom is 0.293 e. The summed E-state index contributed by atoms with van der Waals surface area (Å²) in [7, 11) is 1.73. The largest absolute Gasteiger partial charge is 0.360 e. The van der Waals surface area contributed by atoms with E-state index < -0.39 is 0 Å². The molecule has 1 N–H and O–H groups in total. The number of hydrogen-bond acceptors (Lipinski definition) is 3. The summed E-state index contributed by atoms with van der Waals surface area (Å²) in [6.45, 7) is 2.10. The Hall–Kier alpha value is -1.32. The van der Waals surface area contributed by atoms with Crippen LogP contribution in [0.25, 0.3) is 0 Å². The van der Waals surface area contributed by atoms with Gasteiger partial charge < -0.3 is 9.88 Å². The second kappa shape index (κ2) is 2.58. The van der Waals surface area contributed by atoms with Gasteiger partial charge in [-0.05, 0) is 19.8 Å². The van der Waals surface area contributed by atoms with E-state index in [4.69, 9.17) is 0 Å². The van der Waals surface area contributed by atoms with Crippen molar-refractivity contribution in [2.24, 2.45) is 7.05 Å². The Kier molecular flexibility index (Phi) is 1.65. The molecule has 0 aliphatic heterocycles. The highest BCUT2D eigenvalue weighted by molar-refractivity contribution is 5.37. The fourth-order valence-electron chi connectivity index (χ4n) is 1.18. The summed E-state index contributed by atoms with van der Waals surface area (Å²) in [5, 5.41) is 3.16. The highest BCUT2D eigenvalue weighted by Crippen LogP contribution is 2.36. The average molecular weight is 179 g/mol. The zero-order valence-electron chi connectivity index (χ0n) is 7.87. The number of rotatable bonds is 2. The van der Waals surface area contributed by atoms with E-state index in [0.29, 0.717) is 5.82 Å². The first-order valence-electron chi connectivity index (χ1n) is 4.41. The van der Waals surface area contributed by atoms with Crippen LogP contribution in [0.1, 0.15) is 19.8 Å². The lowest BCUT2D eigenvalue weighted by atomic mass is 10.3. The van der Waals surface area contributed by atoms with Crippen molar-refractivity contribution >= 4 is 5.82 Å². The summed E-state index contributed by atoms with van der Waals surface area (Å²) in [6, 6.07) is 0. The van der Waals surface area contributed by atoms with Crippen molar-refractivity contribution < 1.29 is 0 Å². The predicted octanol–water partition coefficient (Wildman–Crippen LogP) is 0.745. The highest BCUT2D eigenvalue weighted by atomic mass is 16.1. The molecular weight excluding hydrogens is 166 g/mol. The molecule has 0 saturated heterocycles. The second-order valence-electron chi connectivity index (χ2n) is 3.88. The Morgan fingerprint density at radius 2 is 2.31 bits per heavy atom. The minimum Gasteiger partial charge on any atom is -0.360 e. The van der Waals surface area contributed by atoms with Crippen molar-refractivity contribution in [1.82, 2.24) is 9.55 Å².